The summed E-state index contributed by atoms with van der Waals surface area (Å²) in [4.78, 5) is 20.0. The van der Waals surface area contributed by atoms with Crippen molar-refractivity contribution in [2.75, 3.05) is 12.3 Å². The summed E-state index contributed by atoms with van der Waals surface area (Å²) in [6.45, 7) is 4.30. The Labute approximate surface area is 157 Å². The molecule has 0 spiro atoms. The van der Waals surface area contributed by atoms with Crippen LogP contribution in [-0.2, 0) is 6.42 Å². The Kier molecular flexibility index (Phi) is 6.91. The van der Waals surface area contributed by atoms with Crippen LogP contribution in [0.5, 0.6) is 0 Å². The Morgan fingerprint density at radius 2 is 1.88 bits per heavy atom. The van der Waals surface area contributed by atoms with Crippen LogP contribution < -0.4 is 16.4 Å². The molecule has 1 aromatic carbocycles. The van der Waals surface area contributed by atoms with Crippen LogP contribution in [-0.4, -0.2) is 28.4 Å². The minimum Gasteiger partial charge on any atom is -0.382 e. The van der Waals surface area contributed by atoms with E-state index in [9.17, 15) is 4.79 Å². The Morgan fingerprint density at radius 1 is 1.19 bits per heavy atom. The van der Waals surface area contributed by atoms with Crippen LogP contribution >= 0.6 is 11.6 Å². The van der Waals surface area contributed by atoms with Gasteiger partial charge in [-0.05, 0) is 38.7 Å². The summed E-state index contributed by atoms with van der Waals surface area (Å²) in [6.07, 6.45) is 2.85. The number of anilines is 1. The molecule has 1 heterocycles. The van der Waals surface area contributed by atoms with E-state index in [1.165, 1.54) is 11.1 Å². The number of hydrogen-bond donors (Lipinski definition) is 4. The molecule has 2 aromatic rings. The lowest BCUT2D eigenvalue weighted by Crippen LogP contribution is -2.41. The fraction of sp³-hybridized carbons (Fsp3) is 0.333. The van der Waals surface area contributed by atoms with E-state index in [2.05, 4.69) is 51.8 Å². The first-order chi connectivity index (χ1) is 12.4. The average molecular weight is 375 g/mol. The lowest BCUT2D eigenvalue weighted by atomic mass is 10.1. The third-order valence-corrected chi connectivity index (χ3v) is 4.17. The average Bonchev–Trinajstić information content (AvgIpc) is 2.59. The van der Waals surface area contributed by atoms with Gasteiger partial charge in [-0.25, -0.2) is 9.97 Å². The number of unbranched alkanes of at least 4 members (excludes halogenated alkanes) is 1. The topological polar surface area (TPSA) is 117 Å². The van der Waals surface area contributed by atoms with Gasteiger partial charge < -0.3 is 11.1 Å². The van der Waals surface area contributed by atoms with Crippen molar-refractivity contribution >= 4 is 29.3 Å². The molecule has 7 nitrogen and oxygen atoms in total. The second-order valence-corrected chi connectivity index (χ2v) is 6.39. The smallest absolute Gasteiger partial charge is 0.280 e. The summed E-state index contributed by atoms with van der Waals surface area (Å²) >= 11 is 5.87. The molecule has 0 aliphatic heterocycles. The van der Waals surface area contributed by atoms with Crippen molar-refractivity contribution < 1.29 is 4.79 Å². The van der Waals surface area contributed by atoms with Gasteiger partial charge in [0.05, 0.1) is 5.69 Å². The molecule has 26 heavy (non-hydrogen) atoms. The maximum absolute atomic E-state index is 12.1. The van der Waals surface area contributed by atoms with Gasteiger partial charge in [0.1, 0.15) is 0 Å². The molecule has 0 radical (unpaired) electrons. The molecule has 0 saturated carbocycles. The largest absolute Gasteiger partial charge is 0.382 e. The first-order valence-electron chi connectivity index (χ1n) is 8.35. The van der Waals surface area contributed by atoms with Gasteiger partial charge in [0, 0.05) is 6.54 Å². The van der Waals surface area contributed by atoms with Gasteiger partial charge in [-0.2, -0.15) is 0 Å². The number of nitrogen functional groups attached to an aromatic ring is 1. The maximum atomic E-state index is 12.1. The standard InChI is InChI=1S/C18H23ClN6O/c1-11-6-8-13(9-7-11)5-3-4-10-22-18(21)25-17(26)14-16(20)23-12(2)15(19)24-14/h6-9H,3-5,10H2,1-2H3,(H2,20,23)(H3,21,22,25,26). The second kappa shape index (κ2) is 9.15. The molecule has 5 N–H and O–H groups in total. The van der Waals surface area contributed by atoms with Crippen LogP contribution in [0, 0.1) is 19.3 Å². The predicted octanol–water partition coefficient (Wildman–Crippen LogP) is 2.61. The van der Waals surface area contributed by atoms with Crippen LogP contribution in [0.15, 0.2) is 24.3 Å². The van der Waals surface area contributed by atoms with E-state index in [0.717, 1.165) is 19.3 Å². The number of nitrogens with zero attached hydrogens (tertiary/aromatic N) is 2. The quantitative estimate of drug-likeness (QED) is 0.352. The fourth-order valence-corrected chi connectivity index (χ4v) is 2.45. The molecule has 0 aliphatic carbocycles. The van der Waals surface area contributed by atoms with Crippen LogP contribution in [0.3, 0.4) is 0 Å². The Balaban J connectivity index is 1.72. The van der Waals surface area contributed by atoms with E-state index in [-0.39, 0.29) is 22.6 Å². The molecule has 2 rings (SSSR count). The fourth-order valence-electron chi connectivity index (χ4n) is 2.32. The molecule has 0 atom stereocenters. The number of carbonyl (C=O) groups excluding carboxylic acids is 1. The number of amides is 1. The van der Waals surface area contributed by atoms with Crippen molar-refractivity contribution in [3.05, 3.63) is 51.9 Å². The normalized spacial score (nSPS) is 10.4. The summed E-state index contributed by atoms with van der Waals surface area (Å²) in [5.41, 5.74) is 8.59. The van der Waals surface area contributed by atoms with Crippen molar-refractivity contribution in [3.63, 3.8) is 0 Å². The van der Waals surface area contributed by atoms with Gasteiger partial charge in [0.2, 0.25) is 0 Å². The molecular formula is C18H23ClN6O. The van der Waals surface area contributed by atoms with Gasteiger partial charge in [0.15, 0.2) is 22.6 Å². The number of benzene rings is 1. The Morgan fingerprint density at radius 3 is 2.58 bits per heavy atom. The van der Waals surface area contributed by atoms with E-state index in [1.54, 1.807) is 6.92 Å². The number of halogens is 1. The number of nitrogens with two attached hydrogens (primary N) is 1. The summed E-state index contributed by atoms with van der Waals surface area (Å²) in [5, 5.41) is 13.1. The number of nitrogens with one attached hydrogen (secondary N) is 3. The van der Waals surface area contributed by atoms with Crippen molar-refractivity contribution in [1.29, 1.82) is 5.41 Å². The zero-order chi connectivity index (χ0) is 19.1. The minimum atomic E-state index is -0.617. The lowest BCUT2D eigenvalue weighted by molar-refractivity contribution is 0.0971. The Bertz CT molecular complexity index is 791. The molecule has 0 fully saturated rings. The molecule has 0 aliphatic rings. The molecule has 0 bridgehead atoms. The Hall–Kier alpha value is -2.67. The van der Waals surface area contributed by atoms with E-state index in [1.807, 2.05) is 0 Å². The molecule has 0 unspecified atom stereocenters. The molecule has 1 amide bonds. The van der Waals surface area contributed by atoms with E-state index in [4.69, 9.17) is 22.7 Å². The summed E-state index contributed by atoms with van der Waals surface area (Å²) in [7, 11) is 0. The number of aryl methyl sites for hydroxylation is 3. The zero-order valence-corrected chi connectivity index (χ0v) is 15.7. The number of aromatic nitrogens is 2. The van der Waals surface area contributed by atoms with Crippen LogP contribution in [0.25, 0.3) is 0 Å². The highest BCUT2D eigenvalue weighted by Gasteiger charge is 2.16. The molecule has 138 valence electrons. The minimum absolute atomic E-state index is 0.0182. The zero-order valence-electron chi connectivity index (χ0n) is 14.9. The van der Waals surface area contributed by atoms with Crippen molar-refractivity contribution in [2.24, 2.45) is 0 Å². The van der Waals surface area contributed by atoms with E-state index < -0.39 is 5.91 Å². The highest BCUT2D eigenvalue weighted by atomic mass is 35.5. The molecule has 8 heteroatoms. The molecular weight excluding hydrogens is 352 g/mol. The summed E-state index contributed by atoms with van der Waals surface area (Å²) in [5.74, 6) is -0.743. The molecule has 0 saturated heterocycles. The summed E-state index contributed by atoms with van der Waals surface area (Å²) in [6, 6.07) is 8.46. The highest BCUT2D eigenvalue weighted by molar-refractivity contribution is 6.30. The molecule has 1 aromatic heterocycles. The van der Waals surface area contributed by atoms with Crippen molar-refractivity contribution in [2.45, 2.75) is 33.1 Å². The first-order valence-corrected chi connectivity index (χ1v) is 8.73. The van der Waals surface area contributed by atoms with Crippen molar-refractivity contribution in [3.8, 4) is 0 Å². The SMILES string of the molecule is Cc1ccc(CCCCNC(=N)NC(=O)c2nc(Cl)c(C)nc2N)cc1. The van der Waals surface area contributed by atoms with E-state index >= 15 is 0 Å². The maximum Gasteiger partial charge on any atom is 0.280 e. The van der Waals surface area contributed by atoms with Gasteiger partial charge in [-0.1, -0.05) is 41.4 Å². The number of hydrogen-bond acceptors (Lipinski definition) is 5. The highest BCUT2D eigenvalue weighted by Crippen LogP contribution is 2.14. The van der Waals surface area contributed by atoms with Crippen molar-refractivity contribution in [1.82, 2.24) is 20.6 Å². The number of carbonyl (C=O) groups is 1. The van der Waals surface area contributed by atoms with Gasteiger partial charge in [-0.15, -0.1) is 0 Å². The number of guanidine groups is 1. The lowest BCUT2D eigenvalue weighted by Gasteiger charge is -2.10. The summed E-state index contributed by atoms with van der Waals surface area (Å²) < 4.78 is 0. The van der Waals surface area contributed by atoms with Gasteiger partial charge >= 0.3 is 0 Å². The predicted molar refractivity (Wildman–Crippen MR) is 104 cm³/mol. The first kappa shape index (κ1) is 19.7. The van der Waals surface area contributed by atoms with Gasteiger partial charge in [0.25, 0.3) is 5.91 Å². The van der Waals surface area contributed by atoms with Crippen LogP contribution in [0.1, 0.15) is 40.2 Å². The third-order valence-electron chi connectivity index (χ3n) is 3.81. The third kappa shape index (κ3) is 5.70. The van der Waals surface area contributed by atoms with Crippen LogP contribution in [0.4, 0.5) is 5.82 Å². The number of rotatable bonds is 6. The second-order valence-electron chi connectivity index (χ2n) is 6.03. The van der Waals surface area contributed by atoms with Crippen LogP contribution in [0.2, 0.25) is 5.15 Å². The van der Waals surface area contributed by atoms with E-state index in [0.29, 0.717) is 12.2 Å². The monoisotopic (exact) mass is 374 g/mol. The van der Waals surface area contributed by atoms with Gasteiger partial charge in [-0.3, -0.25) is 15.5 Å².